The highest BCUT2D eigenvalue weighted by Gasteiger charge is 2.19. The summed E-state index contributed by atoms with van der Waals surface area (Å²) in [5.74, 6) is -1.13. The molecule has 0 aromatic heterocycles. The van der Waals surface area contributed by atoms with Gasteiger partial charge in [0.1, 0.15) is 13.2 Å². The lowest BCUT2D eigenvalue weighted by molar-refractivity contribution is -0.166. The van der Waals surface area contributed by atoms with Gasteiger partial charge in [-0.3, -0.25) is 14.4 Å². The van der Waals surface area contributed by atoms with E-state index in [4.69, 9.17) is 14.2 Å². The Balaban J connectivity index is 4.51. The zero-order valence-electron chi connectivity index (χ0n) is 40.7. The maximum atomic E-state index is 12.8. The summed E-state index contributed by atoms with van der Waals surface area (Å²) in [7, 11) is 0. The molecule has 0 N–H and O–H groups in total. The van der Waals surface area contributed by atoms with Crippen molar-refractivity contribution in [2.75, 3.05) is 13.2 Å². The van der Waals surface area contributed by atoms with Gasteiger partial charge in [-0.2, -0.15) is 0 Å². The van der Waals surface area contributed by atoms with Gasteiger partial charge in [0.25, 0.3) is 0 Å². The minimum atomic E-state index is -0.842. The number of ether oxygens (including phenoxy) is 3. The maximum absolute atomic E-state index is 12.8. The third-order valence-electron chi connectivity index (χ3n) is 9.96. The first kappa shape index (κ1) is 59.5. The Bertz CT molecular complexity index is 1430. The summed E-state index contributed by atoms with van der Waals surface area (Å²) in [6.45, 7) is 6.22. The molecule has 0 aromatic rings. The van der Waals surface area contributed by atoms with Gasteiger partial charge in [-0.1, -0.05) is 206 Å². The summed E-state index contributed by atoms with van der Waals surface area (Å²) < 4.78 is 16.6. The van der Waals surface area contributed by atoms with E-state index in [-0.39, 0.29) is 38.0 Å². The SMILES string of the molecule is CC/C=C\C/C=C\C/C=C\C/C=C\C/C=C\CCCCCC(=O)OCC(COC(=O)C/C=C\C/C=C\C/C=C\CC)OC(=O)CCCCCCC\C=C/C=C\C=C/CCCCCCC. The molecule has 0 saturated carbocycles. The van der Waals surface area contributed by atoms with E-state index < -0.39 is 12.1 Å². The second-order valence-electron chi connectivity index (χ2n) is 16.0. The van der Waals surface area contributed by atoms with Gasteiger partial charge >= 0.3 is 17.9 Å². The lowest BCUT2D eigenvalue weighted by atomic mass is 10.1. The molecule has 358 valence electrons. The molecule has 0 aromatic carbocycles. The largest absolute Gasteiger partial charge is 0.462 e. The average molecular weight is 883 g/mol. The molecule has 0 aliphatic rings. The monoisotopic (exact) mass is 883 g/mol. The Morgan fingerprint density at radius 2 is 0.734 bits per heavy atom. The molecule has 6 heteroatoms. The number of hydrogen-bond donors (Lipinski definition) is 0. The summed E-state index contributed by atoms with van der Waals surface area (Å²) in [6.07, 6.45) is 71.8. The molecule has 0 fully saturated rings. The standard InChI is InChI=1S/C58H90O6/c1-4-7-10-13-16-19-21-23-25-27-29-31-32-34-36-39-42-45-48-51-57(60)63-54-55(53-62-56(59)50-47-44-41-38-18-15-12-9-6-3)64-58(61)52-49-46-43-40-37-35-33-30-28-26-24-22-20-17-14-11-8-5-2/h7,9-10,12,16,18-19,22-26,28-31,33-34,36,38,44,47,55H,4-6,8,11,13-15,17,20-21,27,32,35,37,39-43,45-46,48-54H2,1-3H3/b10-7-,12-9-,19-16-,24-22-,25-23-,28-26-,31-29-,33-30-,36-34-,38-18-,47-44-. The Hall–Kier alpha value is -4.45. The number of unbranched alkanes of at least 4 members (excludes halogenated alkanes) is 13. The van der Waals surface area contributed by atoms with Crippen LogP contribution in [0.3, 0.4) is 0 Å². The molecule has 64 heavy (non-hydrogen) atoms. The normalized spacial score (nSPS) is 13.2. The van der Waals surface area contributed by atoms with Crippen LogP contribution in [0.15, 0.2) is 134 Å². The van der Waals surface area contributed by atoms with Crippen molar-refractivity contribution in [2.24, 2.45) is 0 Å². The van der Waals surface area contributed by atoms with Crippen molar-refractivity contribution in [2.45, 2.75) is 200 Å². The number of hydrogen-bond acceptors (Lipinski definition) is 6. The van der Waals surface area contributed by atoms with E-state index in [0.29, 0.717) is 6.42 Å². The van der Waals surface area contributed by atoms with Crippen LogP contribution in [0, 0.1) is 0 Å². The second-order valence-corrected chi connectivity index (χ2v) is 16.0. The average Bonchev–Trinajstić information content (AvgIpc) is 3.29. The highest BCUT2D eigenvalue weighted by Crippen LogP contribution is 2.11. The van der Waals surface area contributed by atoms with Gasteiger partial charge in [0.05, 0.1) is 6.42 Å². The van der Waals surface area contributed by atoms with E-state index in [1.165, 1.54) is 32.1 Å². The summed E-state index contributed by atoms with van der Waals surface area (Å²) in [5.41, 5.74) is 0. The molecule has 0 aliphatic heterocycles. The van der Waals surface area contributed by atoms with Crippen LogP contribution in [0.25, 0.3) is 0 Å². The van der Waals surface area contributed by atoms with Crippen LogP contribution in [0.5, 0.6) is 0 Å². The zero-order chi connectivity index (χ0) is 46.5. The Morgan fingerprint density at radius 1 is 0.359 bits per heavy atom. The molecule has 6 nitrogen and oxygen atoms in total. The van der Waals surface area contributed by atoms with Crippen LogP contribution in [0.1, 0.15) is 194 Å². The summed E-state index contributed by atoms with van der Waals surface area (Å²) in [4.78, 5) is 37.8. The quantitative estimate of drug-likeness (QED) is 0.0200. The van der Waals surface area contributed by atoms with Crippen molar-refractivity contribution >= 4 is 17.9 Å². The number of allylic oxidation sites excluding steroid dienone is 21. The first-order valence-corrected chi connectivity index (χ1v) is 25.2. The summed E-state index contributed by atoms with van der Waals surface area (Å²) in [6, 6.07) is 0. The Kier molecular flexibility index (Phi) is 47.6. The van der Waals surface area contributed by atoms with Crippen molar-refractivity contribution < 1.29 is 28.6 Å². The maximum Gasteiger partial charge on any atom is 0.309 e. The third-order valence-corrected chi connectivity index (χ3v) is 9.96. The number of carbonyl (C=O) groups excluding carboxylic acids is 3. The fraction of sp³-hybridized carbons (Fsp3) is 0.569. The molecular weight excluding hydrogens is 793 g/mol. The number of esters is 3. The number of carbonyl (C=O) groups is 3. The van der Waals surface area contributed by atoms with Gasteiger partial charge in [0.2, 0.25) is 0 Å². The fourth-order valence-corrected chi connectivity index (χ4v) is 6.23. The van der Waals surface area contributed by atoms with Crippen molar-refractivity contribution in [3.63, 3.8) is 0 Å². The van der Waals surface area contributed by atoms with Crippen molar-refractivity contribution in [3.8, 4) is 0 Å². The first-order valence-electron chi connectivity index (χ1n) is 25.2. The Morgan fingerprint density at radius 3 is 1.23 bits per heavy atom. The van der Waals surface area contributed by atoms with E-state index in [2.05, 4.69) is 142 Å². The molecule has 1 atom stereocenters. The molecule has 0 aliphatic carbocycles. The highest BCUT2D eigenvalue weighted by molar-refractivity contribution is 5.72. The van der Waals surface area contributed by atoms with Gasteiger partial charge in [0.15, 0.2) is 6.10 Å². The molecular formula is C58H90O6. The lowest BCUT2D eigenvalue weighted by Crippen LogP contribution is -2.30. The molecule has 1 unspecified atom stereocenters. The predicted molar refractivity (Wildman–Crippen MR) is 274 cm³/mol. The fourth-order valence-electron chi connectivity index (χ4n) is 6.23. The van der Waals surface area contributed by atoms with E-state index >= 15 is 0 Å². The van der Waals surface area contributed by atoms with Crippen molar-refractivity contribution in [1.29, 1.82) is 0 Å². The topological polar surface area (TPSA) is 78.9 Å². The smallest absolute Gasteiger partial charge is 0.309 e. The minimum absolute atomic E-state index is 0.118. The summed E-state index contributed by atoms with van der Waals surface area (Å²) in [5, 5.41) is 0. The van der Waals surface area contributed by atoms with Gasteiger partial charge in [-0.25, -0.2) is 0 Å². The highest BCUT2D eigenvalue weighted by atomic mass is 16.6. The van der Waals surface area contributed by atoms with E-state index in [0.717, 1.165) is 122 Å². The molecule has 0 radical (unpaired) electrons. The van der Waals surface area contributed by atoms with Crippen molar-refractivity contribution in [1.82, 2.24) is 0 Å². The predicted octanol–water partition coefficient (Wildman–Crippen LogP) is 16.7. The third kappa shape index (κ3) is 48.6. The van der Waals surface area contributed by atoms with Crippen LogP contribution in [0.4, 0.5) is 0 Å². The van der Waals surface area contributed by atoms with Crippen LogP contribution in [-0.2, 0) is 28.6 Å². The van der Waals surface area contributed by atoms with Crippen LogP contribution in [-0.4, -0.2) is 37.2 Å². The lowest BCUT2D eigenvalue weighted by Gasteiger charge is -2.18. The van der Waals surface area contributed by atoms with Gasteiger partial charge in [-0.15, -0.1) is 0 Å². The molecule has 0 heterocycles. The molecule has 0 bridgehead atoms. The van der Waals surface area contributed by atoms with E-state index in [9.17, 15) is 14.4 Å². The number of rotatable bonds is 43. The molecule has 0 saturated heterocycles. The summed E-state index contributed by atoms with van der Waals surface area (Å²) >= 11 is 0. The van der Waals surface area contributed by atoms with Gasteiger partial charge < -0.3 is 14.2 Å². The molecule has 0 amide bonds. The van der Waals surface area contributed by atoms with Gasteiger partial charge in [-0.05, 0) is 103 Å². The Labute approximate surface area is 392 Å². The van der Waals surface area contributed by atoms with Crippen LogP contribution >= 0.6 is 0 Å². The van der Waals surface area contributed by atoms with Crippen molar-refractivity contribution in [3.05, 3.63) is 134 Å². The molecule has 0 spiro atoms. The van der Waals surface area contributed by atoms with Gasteiger partial charge in [0, 0.05) is 12.8 Å². The second kappa shape index (κ2) is 51.2. The first-order chi connectivity index (χ1) is 31.5. The minimum Gasteiger partial charge on any atom is -0.462 e. The zero-order valence-corrected chi connectivity index (χ0v) is 40.7. The van der Waals surface area contributed by atoms with Crippen LogP contribution < -0.4 is 0 Å². The molecule has 0 rings (SSSR count). The van der Waals surface area contributed by atoms with Crippen LogP contribution in [0.2, 0.25) is 0 Å². The van der Waals surface area contributed by atoms with E-state index in [1.807, 2.05) is 6.08 Å². The van der Waals surface area contributed by atoms with E-state index in [1.54, 1.807) is 6.08 Å².